The van der Waals surface area contributed by atoms with Gasteiger partial charge in [-0.25, -0.2) is 0 Å². The van der Waals surface area contributed by atoms with Gasteiger partial charge in [-0.2, -0.15) is 0 Å². The van der Waals surface area contributed by atoms with Crippen molar-refractivity contribution in [3.63, 3.8) is 0 Å². The summed E-state index contributed by atoms with van der Waals surface area (Å²) in [6.45, 7) is 4.94. The molecular formula is C13H19NOS. The predicted octanol–water partition coefficient (Wildman–Crippen LogP) is 2.72. The van der Waals surface area contributed by atoms with Gasteiger partial charge in [0.1, 0.15) is 0 Å². The van der Waals surface area contributed by atoms with Gasteiger partial charge < -0.3 is 5.32 Å². The van der Waals surface area contributed by atoms with Crippen molar-refractivity contribution in [3.05, 3.63) is 29.8 Å². The zero-order valence-corrected chi connectivity index (χ0v) is 10.9. The number of thioether (sulfide) groups is 1. The standard InChI is InChI=1S/C13H19NOS/c1-10(2)9-14-13(15)8-11-6-4-5-7-12(11)16-3/h4-7,10H,8-9H2,1-3H3,(H,14,15). The average Bonchev–Trinajstić information content (AvgIpc) is 2.27. The van der Waals surface area contributed by atoms with Crippen molar-refractivity contribution in [1.29, 1.82) is 0 Å². The molecule has 0 aliphatic carbocycles. The molecule has 1 aromatic rings. The molecule has 0 fully saturated rings. The van der Waals surface area contributed by atoms with Gasteiger partial charge in [0.25, 0.3) is 0 Å². The number of hydrogen-bond donors (Lipinski definition) is 1. The normalized spacial score (nSPS) is 10.5. The first-order chi connectivity index (χ1) is 7.63. The highest BCUT2D eigenvalue weighted by atomic mass is 32.2. The number of benzene rings is 1. The van der Waals surface area contributed by atoms with Crippen LogP contribution in [0.5, 0.6) is 0 Å². The molecule has 16 heavy (non-hydrogen) atoms. The summed E-state index contributed by atoms with van der Waals surface area (Å²) in [7, 11) is 0. The molecule has 1 aromatic carbocycles. The molecule has 2 nitrogen and oxygen atoms in total. The van der Waals surface area contributed by atoms with E-state index in [2.05, 4.69) is 25.2 Å². The zero-order valence-electron chi connectivity index (χ0n) is 10.1. The second kappa shape index (κ2) is 6.59. The molecule has 1 rings (SSSR count). The fourth-order valence-corrected chi connectivity index (χ4v) is 2.02. The van der Waals surface area contributed by atoms with Crippen LogP contribution >= 0.6 is 11.8 Å². The van der Waals surface area contributed by atoms with Crippen molar-refractivity contribution in [2.24, 2.45) is 5.92 Å². The van der Waals surface area contributed by atoms with E-state index in [4.69, 9.17) is 0 Å². The zero-order chi connectivity index (χ0) is 12.0. The van der Waals surface area contributed by atoms with Gasteiger partial charge in [0.15, 0.2) is 0 Å². The van der Waals surface area contributed by atoms with Crippen molar-refractivity contribution >= 4 is 17.7 Å². The third-order valence-electron chi connectivity index (χ3n) is 2.25. The van der Waals surface area contributed by atoms with Gasteiger partial charge in [0.05, 0.1) is 6.42 Å². The fourth-order valence-electron chi connectivity index (χ4n) is 1.40. The summed E-state index contributed by atoms with van der Waals surface area (Å²) in [6, 6.07) is 8.04. The fraction of sp³-hybridized carbons (Fsp3) is 0.462. The number of carbonyl (C=O) groups excluding carboxylic acids is 1. The van der Waals surface area contributed by atoms with Gasteiger partial charge in [0, 0.05) is 11.4 Å². The van der Waals surface area contributed by atoms with E-state index in [-0.39, 0.29) is 5.91 Å². The maximum atomic E-state index is 11.7. The number of rotatable bonds is 5. The molecule has 0 spiro atoms. The molecule has 0 bridgehead atoms. The van der Waals surface area contributed by atoms with Gasteiger partial charge in [-0.15, -0.1) is 11.8 Å². The van der Waals surface area contributed by atoms with Crippen molar-refractivity contribution in [2.75, 3.05) is 12.8 Å². The third kappa shape index (κ3) is 4.27. The molecular weight excluding hydrogens is 218 g/mol. The Kier molecular flexibility index (Phi) is 5.39. The Balaban J connectivity index is 2.55. The monoisotopic (exact) mass is 237 g/mol. The molecule has 0 aliphatic rings. The number of hydrogen-bond acceptors (Lipinski definition) is 2. The van der Waals surface area contributed by atoms with Crippen LogP contribution in [0.3, 0.4) is 0 Å². The molecule has 0 saturated carbocycles. The molecule has 0 unspecified atom stereocenters. The van der Waals surface area contributed by atoms with Crippen LogP contribution in [0.2, 0.25) is 0 Å². The van der Waals surface area contributed by atoms with Gasteiger partial charge in [-0.05, 0) is 23.8 Å². The molecule has 0 saturated heterocycles. The third-order valence-corrected chi connectivity index (χ3v) is 3.09. The molecule has 1 N–H and O–H groups in total. The Bertz CT molecular complexity index is 350. The second-order valence-corrected chi connectivity index (χ2v) is 5.03. The van der Waals surface area contributed by atoms with Crippen LogP contribution in [-0.4, -0.2) is 18.7 Å². The first-order valence-electron chi connectivity index (χ1n) is 5.52. The number of nitrogens with one attached hydrogen (secondary N) is 1. The highest BCUT2D eigenvalue weighted by Crippen LogP contribution is 2.20. The summed E-state index contributed by atoms with van der Waals surface area (Å²) in [5.74, 6) is 0.606. The van der Waals surface area contributed by atoms with E-state index in [9.17, 15) is 4.79 Å². The van der Waals surface area contributed by atoms with E-state index < -0.39 is 0 Å². The van der Waals surface area contributed by atoms with Crippen LogP contribution < -0.4 is 5.32 Å². The molecule has 0 heterocycles. The summed E-state index contributed by atoms with van der Waals surface area (Å²) in [4.78, 5) is 12.8. The van der Waals surface area contributed by atoms with Gasteiger partial charge in [0.2, 0.25) is 5.91 Å². The minimum atomic E-state index is 0.107. The summed E-state index contributed by atoms with van der Waals surface area (Å²) >= 11 is 1.68. The van der Waals surface area contributed by atoms with Crippen molar-refractivity contribution < 1.29 is 4.79 Å². The van der Waals surface area contributed by atoms with Gasteiger partial charge >= 0.3 is 0 Å². The largest absolute Gasteiger partial charge is 0.356 e. The molecule has 1 amide bonds. The van der Waals surface area contributed by atoms with E-state index in [0.29, 0.717) is 12.3 Å². The van der Waals surface area contributed by atoms with E-state index in [1.54, 1.807) is 11.8 Å². The number of carbonyl (C=O) groups is 1. The lowest BCUT2D eigenvalue weighted by atomic mass is 10.1. The summed E-state index contributed by atoms with van der Waals surface area (Å²) in [5, 5.41) is 2.93. The van der Waals surface area contributed by atoms with Gasteiger partial charge in [-0.1, -0.05) is 32.0 Å². The van der Waals surface area contributed by atoms with Crippen molar-refractivity contribution in [3.8, 4) is 0 Å². The molecule has 0 aromatic heterocycles. The smallest absolute Gasteiger partial charge is 0.224 e. The number of amides is 1. The Morgan fingerprint density at radius 3 is 2.69 bits per heavy atom. The van der Waals surface area contributed by atoms with E-state index >= 15 is 0 Å². The SMILES string of the molecule is CSc1ccccc1CC(=O)NCC(C)C. The average molecular weight is 237 g/mol. The van der Waals surface area contributed by atoms with Crippen molar-refractivity contribution in [1.82, 2.24) is 5.32 Å². The van der Waals surface area contributed by atoms with Gasteiger partial charge in [-0.3, -0.25) is 4.79 Å². The van der Waals surface area contributed by atoms with Crippen LogP contribution in [-0.2, 0) is 11.2 Å². The highest BCUT2D eigenvalue weighted by molar-refractivity contribution is 7.98. The summed E-state index contributed by atoms with van der Waals surface area (Å²) in [6.07, 6.45) is 2.51. The lowest BCUT2D eigenvalue weighted by Crippen LogP contribution is -2.28. The Morgan fingerprint density at radius 2 is 2.06 bits per heavy atom. The second-order valence-electron chi connectivity index (χ2n) is 4.19. The Hall–Kier alpha value is -0.960. The van der Waals surface area contributed by atoms with Crippen LogP contribution in [0.1, 0.15) is 19.4 Å². The first-order valence-corrected chi connectivity index (χ1v) is 6.74. The maximum Gasteiger partial charge on any atom is 0.224 e. The first kappa shape index (κ1) is 13.1. The molecule has 3 heteroatoms. The van der Waals surface area contributed by atoms with Crippen LogP contribution in [0, 0.1) is 5.92 Å². The van der Waals surface area contributed by atoms with E-state index in [1.807, 2.05) is 24.5 Å². The molecule has 88 valence electrons. The Labute approximate surface area is 102 Å². The highest BCUT2D eigenvalue weighted by Gasteiger charge is 2.07. The summed E-state index contributed by atoms with van der Waals surface area (Å²) in [5.41, 5.74) is 1.11. The lowest BCUT2D eigenvalue weighted by Gasteiger charge is -2.09. The van der Waals surface area contributed by atoms with Crippen LogP contribution in [0.15, 0.2) is 29.2 Å². The molecule has 0 radical (unpaired) electrons. The Morgan fingerprint density at radius 1 is 1.38 bits per heavy atom. The minimum absolute atomic E-state index is 0.107. The topological polar surface area (TPSA) is 29.1 Å². The van der Waals surface area contributed by atoms with E-state index in [1.165, 1.54) is 4.90 Å². The quantitative estimate of drug-likeness (QED) is 0.798. The molecule has 0 aliphatic heterocycles. The lowest BCUT2D eigenvalue weighted by molar-refractivity contribution is -0.120. The maximum absolute atomic E-state index is 11.7. The summed E-state index contributed by atoms with van der Waals surface area (Å²) < 4.78 is 0. The molecule has 0 atom stereocenters. The van der Waals surface area contributed by atoms with E-state index in [0.717, 1.165) is 12.1 Å². The van der Waals surface area contributed by atoms with Crippen LogP contribution in [0.4, 0.5) is 0 Å². The minimum Gasteiger partial charge on any atom is -0.356 e. The van der Waals surface area contributed by atoms with Crippen LogP contribution in [0.25, 0.3) is 0 Å². The predicted molar refractivity (Wildman–Crippen MR) is 69.8 cm³/mol. The van der Waals surface area contributed by atoms with Crippen molar-refractivity contribution in [2.45, 2.75) is 25.2 Å².